The van der Waals surface area contributed by atoms with Gasteiger partial charge in [0, 0.05) is 17.5 Å². The average Bonchev–Trinajstić information content (AvgIpc) is 2.60. The Bertz CT molecular complexity index is 833. The summed E-state index contributed by atoms with van der Waals surface area (Å²) in [6.45, 7) is -0.499. The zero-order chi connectivity index (χ0) is 18.4. The topological polar surface area (TPSA) is 116 Å². The van der Waals surface area contributed by atoms with E-state index in [9.17, 15) is 18.6 Å². The van der Waals surface area contributed by atoms with Crippen molar-refractivity contribution in [3.63, 3.8) is 0 Å². The van der Waals surface area contributed by atoms with Crippen LogP contribution in [-0.2, 0) is 20.3 Å². The van der Waals surface area contributed by atoms with Gasteiger partial charge in [-0.1, -0.05) is 12.1 Å². The second-order valence-corrected chi connectivity index (χ2v) is 6.36. The van der Waals surface area contributed by atoms with Gasteiger partial charge < -0.3 is 15.8 Å². The van der Waals surface area contributed by atoms with Crippen molar-refractivity contribution in [2.45, 2.75) is 4.90 Å². The minimum absolute atomic E-state index is 0.155. The maximum Gasteiger partial charge on any atom is 0.339 e. The molecule has 0 aliphatic carbocycles. The fourth-order valence-electron chi connectivity index (χ4n) is 2.01. The molecule has 25 heavy (non-hydrogen) atoms. The Hall–Kier alpha value is -3.00. The summed E-state index contributed by atoms with van der Waals surface area (Å²) in [7, 11) is -1.35. The summed E-state index contributed by atoms with van der Waals surface area (Å²) in [6.07, 6.45) is 1.45. The predicted molar refractivity (Wildman–Crippen MR) is 92.6 cm³/mol. The number of rotatable bonds is 6. The molecule has 0 unspecified atom stereocenters. The molecule has 0 radical (unpaired) electrons. The normalized spacial score (nSPS) is 11.4. The summed E-state index contributed by atoms with van der Waals surface area (Å²) in [5.41, 5.74) is 6.03. The number of hydrogen-bond donors (Lipinski definition) is 2. The van der Waals surface area contributed by atoms with Crippen molar-refractivity contribution in [1.29, 1.82) is 0 Å². The standard InChI is InChI=1S/C17H16N2O5S/c1-25(23)14-5-3-2-4-13(14)17(22)24-10-15(20)19-12-8-6-11(7-9-12)16(18)21/h2-9H,10H2,1H3,(H2,18,21)(H,19,20)/t25-/m1/s1. The fraction of sp³-hybridized carbons (Fsp3) is 0.118. The molecule has 7 nitrogen and oxygen atoms in total. The average molecular weight is 360 g/mol. The highest BCUT2D eigenvalue weighted by atomic mass is 32.2. The van der Waals surface area contributed by atoms with E-state index in [0.29, 0.717) is 16.1 Å². The Morgan fingerprint density at radius 2 is 1.72 bits per heavy atom. The molecular formula is C17H16N2O5S. The number of primary amides is 1. The van der Waals surface area contributed by atoms with Crippen molar-refractivity contribution in [3.8, 4) is 0 Å². The Morgan fingerprint density at radius 1 is 1.08 bits per heavy atom. The number of carbonyl (C=O) groups excluding carboxylic acids is 3. The van der Waals surface area contributed by atoms with Crippen LogP contribution in [-0.4, -0.2) is 34.9 Å². The number of esters is 1. The van der Waals surface area contributed by atoms with Gasteiger partial charge >= 0.3 is 5.97 Å². The molecule has 0 saturated carbocycles. The van der Waals surface area contributed by atoms with E-state index in [0.717, 1.165) is 0 Å². The molecule has 0 saturated heterocycles. The maximum absolute atomic E-state index is 12.1. The summed E-state index contributed by atoms with van der Waals surface area (Å²) in [4.78, 5) is 35.2. The minimum atomic E-state index is -1.35. The molecule has 0 aliphatic heterocycles. The highest BCUT2D eigenvalue weighted by Gasteiger charge is 2.16. The zero-order valence-corrected chi connectivity index (χ0v) is 14.2. The van der Waals surface area contributed by atoms with E-state index in [-0.39, 0.29) is 5.56 Å². The van der Waals surface area contributed by atoms with Gasteiger partial charge in [0.2, 0.25) is 5.91 Å². The Kier molecular flexibility index (Phi) is 6.02. The molecule has 0 aliphatic rings. The van der Waals surface area contributed by atoms with Gasteiger partial charge in [-0.15, -0.1) is 0 Å². The van der Waals surface area contributed by atoms with Crippen LogP contribution in [0.15, 0.2) is 53.4 Å². The molecule has 2 aromatic carbocycles. The first-order chi connectivity index (χ1) is 11.9. The Labute approximate surface area is 146 Å². The molecule has 130 valence electrons. The summed E-state index contributed by atoms with van der Waals surface area (Å²) in [6, 6.07) is 12.3. The third kappa shape index (κ3) is 4.98. The van der Waals surface area contributed by atoms with Gasteiger partial charge in [-0.05, 0) is 36.4 Å². The third-order valence-electron chi connectivity index (χ3n) is 3.20. The van der Waals surface area contributed by atoms with Gasteiger partial charge in [0.15, 0.2) is 6.61 Å². The van der Waals surface area contributed by atoms with Gasteiger partial charge in [0.1, 0.15) is 0 Å². The van der Waals surface area contributed by atoms with Gasteiger partial charge in [0.05, 0.1) is 21.3 Å². The molecule has 2 amide bonds. The van der Waals surface area contributed by atoms with E-state index >= 15 is 0 Å². The summed E-state index contributed by atoms with van der Waals surface area (Å²) in [5, 5.41) is 2.52. The van der Waals surface area contributed by atoms with Crippen molar-refractivity contribution in [3.05, 3.63) is 59.7 Å². The molecule has 0 aromatic heterocycles. The van der Waals surface area contributed by atoms with Crippen LogP contribution in [0.25, 0.3) is 0 Å². The lowest BCUT2D eigenvalue weighted by molar-refractivity contribution is -0.119. The van der Waals surface area contributed by atoms with Crippen LogP contribution < -0.4 is 11.1 Å². The summed E-state index contributed by atoms with van der Waals surface area (Å²) in [5.74, 6) is -1.85. The summed E-state index contributed by atoms with van der Waals surface area (Å²) < 4.78 is 16.6. The number of benzene rings is 2. The van der Waals surface area contributed by atoms with Crippen LogP contribution in [0.2, 0.25) is 0 Å². The number of hydrogen-bond acceptors (Lipinski definition) is 5. The SMILES string of the molecule is C[S@@](=O)c1ccccc1C(=O)OCC(=O)Nc1ccc(C(N)=O)cc1. The van der Waals surface area contributed by atoms with Gasteiger partial charge in [0.25, 0.3) is 5.91 Å². The molecule has 0 heterocycles. The van der Waals surface area contributed by atoms with Crippen LogP contribution in [0, 0.1) is 0 Å². The Balaban J connectivity index is 1.95. The summed E-state index contributed by atoms with van der Waals surface area (Å²) >= 11 is 0. The minimum Gasteiger partial charge on any atom is -0.452 e. The molecule has 2 rings (SSSR count). The fourth-order valence-corrected chi connectivity index (χ4v) is 2.74. The first-order valence-corrected chi connectivity index (χ1v) is 8.73. The van der Waals surface area contributed by atoms with Crippen LogP contribution in [0.4, 0.5) is 5.69 Å². The van der Waals surface area contributed by atoms with Crippen LogP contribution in [0.5, 0.6) is 0 Å². The maximum atomic E-state index is 12.1. The van der Waals surface area contributed by atoms with Gasteiger partial charge in [-0.2, -0.15) is 0 Å². The van der Waals surface area contributed by atoms with Crippen LogP contribution in [0.3, 0.4) is 0 Å². The molecule has 0 fully saturated rings. The number of ether oxygens (including phenoxy) is 1. The predicted octanol–water partition coefficient (Wildman–Crippen LogP) is 1.32. The van der Waals surface area contributed by atoms with E-state index in [1.165, 1.54) is 36.6 Å². The monoisotopic (exact) mass is 360 g/mol. The van der Waals surface area contributed by atoms with E-state index in [4.69, 9.17) is 10.5 Å². The molecule has 0 spiro atoms. The number of anilines is 1. The van der Waals surface area contributed by atoms with Crippen molar-refractivity contribution in [2.24, 2.45) is 5.73 Å². The second-order valence-electron chi connectivity index (χ2n) is 5.02. The van der Waals surface area contributed by atoms with Crippen molar-refractivity contribution in [1.82, 2.24) is 0 Å². The van der Waals surface area contributed by atoms with Crippen LogP contribution in [0.1, 0.15) is 20.7 Å². The lowest BCUT2D eigenvalue weighted by atomic mass is 10.2. The van der Waals surface area contributed by atoms with E-state index in [2.05, 4.69) is 5.32 Å². The quantitative estimate of drug-likeness (QED) is 0.754. The highest BCUT2D eigenvalue weighted by Crippen LogP contribution is 2.14. The Morgan fingerprint density at radius 3 is 2.32 bits per heavy atom. The van der Waals surface area contributed by atoms with E-state index < -0.39 is 35.2 Å². The molecule has 1 atom stereocenters. The lowest BCUT2D eigenvalue weighted by Gasteiger charge is -2.09. The smallest absolute Gasteiger partial charge is 0.339 e. The van der Waals surface area contributed by atoms with E-state index in [1.54, 1.807) is 18.2 Å². The molecular weight excluding hydrogens is 344 g/mol. The molecule has 2 aromatic rings. The lowest BCUT2D eigenvalue weighted by Crippen LogP contribution is -2.21. The van der Waals surface area contributed by atoms with Crippen LogP contribution >= 0.6 is 0 Å². The second kappa shape index (κ2) is 8.20. The molecule has 0 bridgehead atoms. The van der Waals surface area contributed by atoms with Crippen molar-refractivity contribution < 1.29 is 23.3 Å². The number of amides is 2. The number of carbonyl (C=O) groups is 3. The number of nitrogens with two attached hydrogens (primary N) is 1. The van der Waals surface area contributed by atoms with E-state index in [1.807, 2.05) is 0 Å². The van der Waals surface area contributed by atoms with Crippen molar-refractivity contribution in [2.75, 3.05) is 18.2 Å². The third-order valence-corrected chi connectivity index (χ3v) is 4.18. The van der Waals surface area contributed by atoms with Gasteiger partial charge in [-0.25, -0.2) is 4.79 Å². The molecule has 3 N–H and O–H groups in total. The first kappa shape index (κ1) is 18.3. The zero-order valence-electron chi connectivity index (χ0n) is 13.4. The van der Waals surface area contributed by atoms with Crippen molar-refractivity contribution >= 4 is 34.3 Å². The van der Waals surface area contributed by atoms with Gasteiger partial charge in [-0.3, -0.25) is 13.8 Å². The number of nitrogens with one attached hydrogen (secondary N) is 1. The largest absolute Gasteiger partial charge is 0.452 e. The molecule has 8 heteroatoms. The highest BCUT2D eigenvalue weighted by molar-refractivity contribution is 7.84. The first-order valence-electron chi connectivity index (χ1n) is 7.18.